The number of hydrogen-bond acceptors (Lipinski definition) is 4. The molecule has 1 N–H and O–H groups in total. The minimum atomic E-state index is -3.08. The number of hydrogen-bond donors (Lipinski definition) is 1. The Morgan fingerprint density at radius 3 is 2.75 bits per heavy atom. The van der Waals surface area contributed by atoms with E-state index in [1.165, 1.54) is 0 Å². The van der Waals surface area contributed by atoms with Gasteiger partial charge in [0, 0.05) is 39.4 Å². The van der Waals surface area contributed by atoms with Gasteiger partial charge in [0.2, 0.25) is 10.0 Å². The molecule has 1 fully saturated rings. The van der Waals surface area contributed by atoms with Crippen molar-refractivity contribution in [3.63, 3.8) is 0 Å². The number of methoxy groups -OCH3 is 1. The number of ether oxygens (including phenoxy) is 1. The minimum Gasteiger partial charge on any atom is -0.385 e. The Morgan fingerprint density at radius 1 is 1.50 bits per heavy atom. The van der Waals surface area contributed by atoms with Crippen LogP contribution in [0.3, 0.4) is 0 Å². The summed E-state index contributed by atoms with van der Waals surface area (Å²) in [5, 5.41) is 3.22. The Balaban J connectivity index is 0.00000225. The average Bonchev–Trinajstić information content (AvgIpc) is 2.18. The minimum absolute atomic E-state index is 0. The van der Waals surface area contributed by atoms with E-state index in [2.05, 4.69) is 5.32 Å². The average molecular weight is 273 g/mol. The summed E-state index contributed by atoms with van der Waals surface area (Å²) in [7, 11) is -1.49. The molecular formula is C9H21ClN2O3S. The lowest BCUT2D eigenvalue weighted by Crippen LogP contribution is -2.51. The van der Waals surface area contributed by atoms with E-state index in [1.807, 2.05) is 6.92 Å². The molecule has 7 heteroatoms. The zero-order valence-corrected chi connectivity index (χ0v) is 11.4. The fourth-order valence-corrected chi connectivity index (χ4v) is 3.23. The first kappa shape index (κ1) is 16.1. The van der Waals surface area contributed by atoms with E-state index in [4.69, 9.17) is 4.74 Å². The quantitative estimate of drug-likeness (QED) is 0.720. The Morgan fingerprint density at radius 2 is 2.19 bits per heavy atom. The van der Waals surface area contributed by atoms with Crippen molar-refractivity contribution in [1.82, 2.24) is 9.62 Å². The van der Waals surface area contributed by atoms with Gasteiger partial charge in [0.25, 0.3) is 0 Å². The number of sulfonamides is 1. The van der Waals surface area contributed by atoms with Crippen LogP contribution < -0.4 is 5.32 Å². The van der Waals surface area contributed by atoms with Crippen LogP contribution in [0.15, 0.2) is 0 Å². The third-order valence-corrected chi connectivity index (χ3v) is 4.40. The van der Waals surface area contributed by atoms with Crippen molar-refractivity contribution < 1.29 is 13.2 Å². The predicted molar refractivity (Wildman–Crippen MR) is 66.6 cm³/mol. The molecule has 0 aromatic carbocycles. The van der Waals surface area contributed by atoms with E-state index in [-0.39, 0.29) is 24.2 Å². The molecule has 0 bridgehead atoms. The number of rotatable bonds is 5. The van der Waals surface area contributed by atoms with Crippen molar-refractivity contribution in [2.75, 3.05) is 39.1 Å². The molecule has 1 atom stereocenters. The molecule has 0 saturated carbocycles. The highest BCUT2D eigenvalue weighted by atomic mass is 35.5. The summed E-state index contributed by atoms with van der Waals surface area (Å²) in [5.74, 6) is 0.188. The van der Waals surface area contributed by atoms with E-state index in [9.17, 15) is 8.42 Å². The summed E-state index contributed by atoms with van der Waals surface area (Å²) in [4.78, 5) is 0. The van der Waals surface area contributed by atoms with Crippen LogP contribution in [0, 0.1) is 0 Å². The maximum absolute atomic E-state index is 11.8. The second kappa shape index (κ2) is 7.45. The second-order valence-corrected chi connectivity index (χ2v) is 5.96. The van der Waals surface area contributed by atoms with Gasteiger partial charge in [0.05, 0.1) is 5.75 Å². The van der Waals surface area contributed by atoms with E-state index in [0.29, 0.717) is 26.1 Å². The van der Waals surface area contributed by atoms with Gasteiger partial charge in [-0.25, -0.2) is 8.42 Å². The fourth-order valence-electron chi connectivity index (χ4n) is 1.66. The molecule has 1 aliphatic rings. The molecule has 16 heavy (non-hydrogen) atoms. The lowest BCUT2D eigenvalue weighted by molar-refractivity contribution is 0.199. The standard InChI is InChI=1S/C9H20N2O3S.ClH/c1-9-8-11(5-4-10-9)15(12,13)7-3-6-14-2;/h9-10H,3-8H2,1-2H3;1H. The van der Waals surface area contributed by atoms with Crippen LogP contribution in [0.2, 0.25) is 0 Å². The van der Waals surface area contributed by atoms with Gasteiger partial charge < -0.3 is 10.1 Å². The highest BCUT2D eigenvalue weighted by molar-refractivity contribution is 7.89. The maximum atomic E-state index is 11.8. The summed E-state index contributed by atoms with van der Waals surface area (Å²) in [6, 6.07) is 0.246. The molecule has 0 spiro atoms. The number of nitrogens with one attached hydrogen (secondary N) is 1. The predicted octanol–water partition coefficient (Wildman–Crippen LogP) is 0.0682. The molecule has 0 amide bonds. The molecular weight excluding hydrogens is 252 g/mol. The van der Waals surface area contributed by atoms with Crippen molar-refractivity contribution in [2.45, 2.75) is 19.4 Å². The molecule has 1 saturated heterocycles. The third-order valence-electron chi connectivity index (χ3n) is 2.48. The van der Waals surface area contributed by atoms with Crippen LogP contribution in [0.4, 0.5) is 0 Å². The molecule has 0 aromatic rings. The van der Waals surface area contributed by atoms with Crippen LogP contribution in [0.25, 0.3) is 0 Å². The van der Waals surface area contributed by atoms with Crippen molar-refractivity contribution in [2.24, 2.45) is 0 Å². The first-order chi connectivity index (χ1) is 7.06. The zero-order valence-electron chi connectivity index (χ0n) is 9.81. The van der Waals surface area contributed by atoms with Crippen molar-refractivity contribution in [3.8, 4) is 0 Å². The van der Waals surface area contributed by atoms with Crippen LogP contribution >= 0.6 is 12.4 Å². The Labute approximate surface area is 104 Å². The molecule has 0 aromatic heterocycles. The molecule has 1 unspecified atom stereocenters. The number of halogens is 1. The molecule has 0 radical (unpaired) electrons. The summed E-state index contributed by atoms with van der Waals surface area (Å²) >= 11 is 0. The van der Waals surface area contributed by atoms with E-state index in [1.54, 1.807) is 11.4 Å². The number of piperazine rings is 1. The summed E-state index contributed by atoms with van der Waals surface area (Å²) in [6.07, 6.45) is 0.567. The molecule has 5 nitrogen and oxygen atoms in total. The lowest BCUT2D eigenvalue weighted by Gasteiger charge is -2.30. The Kier molecular flexibility index (Phi) is 7.50. The summed E-state index contributed by atoms with van der Waals surface area (Å²) in [5.41, 5.74) is 0. The van der Waals surface area contributed by atoms with Gasteiger partial charge in [0.15, 0.2) is 0 Å². The largest absolute Gasteiger partial charge is 0.385 e. The molecule has 1 aliphatic heterocycles. The van der Waals surface area contributed by atoms with Crippen molar-refractivity contribution in [1.29, 1.82) is 0 Å². The van der Waals surface area contributed by atoms with Gasteiger partial charge in [-0.1, -0.05) is 0 Å². The molecule has 1 rings (SSSR count). The van der Waals surface area contributed by atoms with Crippen LogP contribution in [-0.4, -0.2) is 57.9 Å². The van der Waals surface area contributed by atoms with Crippen molar-refractivity contribution in [3.05, 3.63) is 0 Å². The summed E-state index contributed by atoms with van der Waals surface area (Å²) in [6.45, 7) is 4.40. The van der Waals surface area contributed by atoms with Gasteiger partial charge in [-0.3, -0.25) is 0 Å². The van der Waals surface area contributed by atoms with Gasteiger partial charge in [-0.2, -0.15) is 4.31 Å². The second-order valence-electron chi connectivity index (χ2n) is 3.88. The summed E-state index contributed by atoms with van der Waals surface area (Å²) < 4.78 is 30.1. The highest BCUT2D eigenvalue weighted by Crippen LogP contribution is 2.07. The monoisotopic (exact) mass is 272 g/mol. The normalized spacial score (nSPS) is 22.8. The first-order valence-corrected chi connectivity index (χ1v) is 6.87. The molecule has 0 aliphatic carbocycles. The van der Waals surface area contributed by atoms with Crippen molar-refractivity contribution >= 4 is 22.4 Å². The van der Waals surface area contributed by atoms with Crippen LogP contribution in [0.1, 0.15) is 13.3 Å². The molecule has 98 valence electrons. The van der Waals surface area contributed by atoms with Crippen LogP contribution in [-0.2, 0) is 14.8 Å². The SMILES string of the molecule is COCCCS(=O)(=O)N1CCNC(C)C1.Cl. The van der Waals surface area contributed by atoms with Crippen LogP contribution in [0.5, 0.6) is 0 Å². The van der Waals surface area contributed by atoms with E-state index >= 15 is 0 Å². The number of nitrogens with zero attached hydrogens (tertiary/aromatic N) is 1. The maximum Gasteiger partial charge on any atom is 0.214 e. The first-order valence-electron chi connectivity index (χ1n) is 5.26. The van der Waals surface area contributed by atoms with Gasteiger partial charge in [-0.15, -0.1) is 12.4 Å². The Bertz CT molecular complexity index is 284. The van der Waals surface area contributed by atoms with E-state index in [0.717, 1.165) is 6.54 Å². The lowest BCUT2D eigenvalue weighted by atomic mass is 10.3. The highest BCUT2D eigenvalue weighted by Gasteiger charge is 2.25. The van der Waals surface area contributed by atoms with E-state index < -0.39 is 10.0 Å². The smallest absolute Gasteiger partial charge is 0.214 e. The fraction of sp³-hybridized carbons (Fsp3) is 1.00. The topological polar surface area (TPSA) is 58.6 Å². The van der Waals surface area contributed by atoms with Gasteiger partial charge in [-0.05, 0) is 13.3 Å². The Hall–Kier alpha value is 0.120. The zero-order chi connectivity index (χ0) is 11.3. The molecule has 1 heterocycles. The van der Waals surface area contributed by atoms with Gasteiger partial charge >= 0.3 is 0 Å². The third kappa shape index (κ3) is 4.97. The van der Waals surface area contributed by atoms with Gasteiger partial charge in [0.1, 0.15) is 0 Å².